The standard InChI is InChI=1S/C30H30ClN5O3/c31-25-11-5-4-10-24(25)26-13-14-28(33-32-26)34-16-7-17-35(20-19-34)29(37)22-36(30(38)27-12-6-21-39-27)18-15-23-8-2-1-3-9-23/h1-6,8-14,21H,7,15-20,22H2. The minimum atomic E-state index is -0.283. The van der Waals surface area contributed by atoms with E-state index in [-0.39, 0.29) is 24.1 Å². The van der Waals surface area contributed by atoms with E-state index in [1.54, 1.807) is 17.0 Å². The zero-order valence-electron chi connectivity index (χ0n) is 21.6. The number of rotatable bonds is 8. The molecule has 1 aliphatic heterocycles. The van der Waals surface area contributed by atoms with Crippen LogP contribution in [-0.4, -0.2) is 71.1 Å². The monoisotopic (exact) mass is 543 g/mol. The fraction of sp³-hybridized carbons (Fsp3) is 0.267. The van der Waals surface area contributed by atoms with Crippen molar-refractivity contribution in [3.63, 3.8) is 0 Å². The molecule has 39 heavy (non-hydrogen) atoms. The van der Waals surface area contributed by atoms with E-state index in [4.69, 9.17) is 16.0 Å². The molecule has 4 aromatic rings. The van der Waals surface area contributed by atoms with Crippen molar-refractivity contribution >= 4 is 29.2 Å². The average molecular weight is 544 g/mol. The van der Waals surface area contributed by atoms with Crippen molar-refractivity contribution in [2.24, 2.45) is 0 Å². The highest BCUT2D eigenvalue weighted by Gasteiger charge is 2.26. The van der Waals surface area contributed by atoms with Crippen LogP contribution in [0.3, 0.4) is 0 Å². The smallest absolute Gasteiger partial charge is 0.290 e. The van der Waals surface area contributed by atoms with Gasteiger partial charge in [0.05, 0.1) is 17.0 Å². The highest BCUT2D eigenvalue weighted by atomic mass is 35.5. The van der Waals surface area contributed by atoms with E-state index in [2.05, 4.69) is 15.1 Å². The number of nitrogens with zero attached hydrogens (tertiary/aromatic N) is 5. The largest absolute Gasteiger partial charge is 0.459 e. The molecule has 1 saturated heterocycles. The van der Waals surface area contributed by atoms with Gasteiger partial charge in [0.25, 0.3) is 5.91 Å². The van der Waals surface area contributed by atoms with Crippen LogP contribution in [-0.2, 0) is 11.2 Å². The molecule has 0 saturated carbocycles. The summed E-state index contributed by atoms with van der Waals surface area (Å²) in [4.78, 5) is 32.0. The molecule has 0 N–H and O–H groups in total. The normalized spacial score (nSPS) is 13.7. The summed E-state index contributed by atoms with van der Waals surface area (Å²) in [5.41, 5.74) is 2.66. The van der Waals surface area contributed by atoms with Crippen molar-refractivity contribution in [1.29, 1.82) is 0 Å². The second-order valence-corrected chi connectivity index (χ2v) is 9.82. The van der Waals surface area contributed by atoms with Gasteiger partial charge in [-0.1, -0.05) is 60.1 Å². The number of benzene rings is 2. The maximum absolute atomic E-state index is 13.4. The van der Waals surface area contributed by atoms with Crippen molar-refractivity contribution in [2.45, 2.75) is 12.8 Å². The number of halogens is 1. The Balaban J connectivity index is 1.21. The first-order chi connectivity index (χ1) is 19.1. The number of amides is 2. The lowest BCUT2D eigenvalue weighted by Gasteiger charge is -2.26. The summed E-state index contributed by atoms with van der Waals surface area (Å²) in [6.07, 6.45) is 2.91. The van der Waals surface area contributed by atoms with Gasteiger partial charge in [-0.15, -0.1) is 10.2 Å². The fourth-order valence-electron chi connectivity index (χ4n) is 4.68. The molecule has 9 heteroatoms. The first kappa shape index (κ1) is 26.4. The summed E-state index contributed by atoms with van der Waals surface area (Å²) in [6, 6.07) is 24.7. The minimum Gasteiger partial charge on any atom is -0.459 e. The SMILES string of the molecule is O=C(CN(CCc1ccccc1)C(=O)c1ccco1)N1CCCN(c2ccc(-c3ccccc3Cl)nn2)CC1. The summed E-state index contributed by atoms with van der Waals surface area (Å²) < 4.78 is 5.34. The molecule has 0 spiro atoms. The van der Waals surface area contributed by atoms with E-state index in [1.807, 2.05) is 71.6 Å². The van der Waals surface area contributed by atoms with Crippen LogP contribution in [0, 0.1) is 0 Å². The van der Waals surface area contributed by atoms with Gasteiger partial charge in [-0.05, 0) is 48.7 Å². The Kier molecular flexibility index (Phi) is 8.53. The summed E-state index contributed by atoms with van der Waals surface area (Å²) in [5.74, 6) is 0.633. The molecule has 1 aliphatic rings. The second-order valence-electron chi connectivity index (χ2n) is 9.42. The van der Waals surface area contributed by atoms with Gasteiger partial charge in [0.15, 0.2) is 11.6 Å². The predicted octanol–water partition coefficient (Wildman–Crippen LogP) is 4.81. The number of anilines is 1. The number of furan rings is 1. The molecule has 2 aromatic carbocycles. The summed E-state index contributed by atoms with van der Waals surface area (Å²) >= 11 is 6.30. The first-order valence-electron chi connectivity index (χ1n) is 13.1. The van der Waals surface area contributed by atoms with Gasteiger partial charge in [-0.2, -0.15) is 0 Å². The Morgan fingerprint density at radius 2 is 1.69 bits per heavy atom. The van der Waals surface area contributed by atoms with Crippen LogP contribution in [0.4, 0.5) is 5.82 Å². The lowest BCUT2D eigenvalue weighted by molar-refractivity contribution is -0.131. The average Bonchev–Trinajstić information content (AvgIpc) is 3.40. The Morgan fingerprint density at radius 1 is 0.872 bits per heavy atom. The summed E-state index contributed by atoms with van der Waals surface area (Å²) in [7, 11) is 0. The van der Waals surface area contributed by atoms with Gasteiger partial charge >= 0.3 is 0 Å². The Bertz CT molecular complexity index is 1380. The first-order valence-corrected chi connectivity index (χ1v) is 13.4. The van der Waals surface area contributed by atoms with Crippen molar-refractivity contribution in [2.75, 3.05) is 44.2 Å². The highest BCUT2D eigenvalue weighted by molar-refractivity contribution is 6.33. The maximum atomic E-state index is 13.4. The number of hydrogen-bond acceptors (Lipinski definition) is 6. The van der Waals surface area contributed by atoms with Crippen LogP contribution in [0.15, 0.2) is 89.5 Å². The van der Waals surface area contributed by atoms with Crippen LogP contribution < -0.4 is 4.90 Å². The number of hydrogen-bond donors (Lipinski definition) is 0. The van der Waals surface area contributed by atoms with Gasteiger partial charge in [0.1, 0.15) is 6.54 Å². The molecule has 2 aromatic heterocycles. The molecule has 8 nitrogen and oxygen atoms in total. The second kappa shape index (κ2) is 12.6. The van der Waals surface area contributed by atoms with Crippen LogP contribution in [0.5, 0.6) is 0 Å². The molecule has 0 unspecified atom stereocenters. The van der Waals surface area contributed by atoms with Crippen LogP contribution >= 0.6 is 11.6 Å². The topological polar surface area (TPSA) is 82.8 Å². The molecule has 5 rings (SSSR count). The Morgan fingerprint density at radius 3 is 2.44 bits per heavy atom. The lowest BCUT2D eigenvalue weighted by Crippen LogP contribution is -2.44. The molecule has 0 aliphatic carbocycles. The Hall–Kier alpha value is -4.17. The fourth-order valence-corrected chi connectivity index (χ4v) is 4.92. The molecule has 200 valence electrons. The zero-order chi connectivity index (χ0) is 27.0. The van der Waals surface area contributed by atoms with E-state index in [9.17, 15) is 9.59 Å². The summed E-state index contributed by atoms with van der Waals surface area (Å²) in [5, 5.41) is 9.46. The zero-order valence-corrected chi connectivity index (χ0v) is 22.3. The van der Waals surface area contributed by atoms with Crippen molar-refractivity contribution < 1.29 is 14.0 Å². The number of carbonyl (C=O) groups is 2. The van der Waals surface area contributed by atoms with Crippen LogP contribution in [0.2, 0.25) is 5.02 Å². The summed E-state index contributed by atoms with van der Waals surface area (Å²) in [6.45, 7) is 2.95. The van der Waals surface area contributed by atoms with Gasteiger partial charge < -0.3 is 19.1 Å². The Labute approximate surface area is 232 Å². The van der Waals surface area contributed by atoms with E-state index in [0.29, 0.717) is 43.3 Å². The third-order valence-electron chi connectivity index (χ3n) is 6.83. The highest BCUT2D eigenvalue weighted by Crippen LogP contribution is 2.26. The minimum absolute atomic E-state index is 0.00129. The molecule has 2 amide bonds. The van der Waals surface area contributed by atoms with Crippen molar-refractivity contribution in [3.8, 4) is 11.3 Å². The molecule has 0 bridgehead atoms. The third kappa shape index (κ3) is 6.64. The van der Waals surface area contributed by atoms with E-state index >= 15 is 0 Å². The van der Waals surface area contributed by atoms with Gasteiger partial charge in [0.2, 0.25) is 5.91 Å². The van der Waals surface area contributed by atoms with Crippen molar-refractivity contribution in [1.82, 2.24) is 20.0 Å². The predicted molar refractivity (Wildman–Crippen MR) is 151 cm³/mol. The molecular formula is C30H30ClN5O3. The van der Waals surface area contributed by atoms with E-state index < -0.39 is 0 Å². The molecule has 0 atom stereocenters. The van der Waals surface area contributed by atoms with Crippen LogP contribution in [0.1, 0.15) is 22.5 Å². The van der Waals surface area contributed by atoms with Gasteiger partial charge in [0, 0.05) is 38.3 Å². The number of aromatic nitrogens is 2. The molecule has 3 heterocycles. The maximum Gasteiger partial charge on any atom is 0.290 e. The van der Waals surface area contributed by atoms with E-state index in [1.165, 1.54) is 6.26 Å². The van der Waals surface area contributed by atoms with Gasteiger partial charge in [-0.3, -0.25) is 9.59 Å². The van der Waals surface area contributed by atoms with E-state index in [0.717, 1.165) is 29.9 Å². The third-order valence-corrected chi connectivity index (χ3v) is 7.16. The molecular weight excluding hydrogens is 514 g/mol. The quantitative estimate of drug-likeness (QED) is 0.317. The van der Waals surface area contributed by atoms with Crippen LogP contribution in [0.25, 0.3) is 11.3 Å². The van der Waals surface area contributed by atoms with Gasteiger partial charge in [-0.25, -0.2) is 0 Å². The lowest BCUT2D eigenvalue weighted by atomic mass is 10.1. The molecule has 0 radical (unpaired) electrons. The molecule has 1 fully saturated rings. The number of carbonyl (C=O) groups excluding carboxylic acids is 2. The van der Waals surface area contributed by atoms with Crippen molar-refractivity contribution in [3.05, 3.63) is 101 Å².